The van der Waals surface area contributed by atoms with Gasteiger partial charge in [0, 0.05) is 16.9 Å². The van der Waals surface area contributed by atoms with E-state index < -0.39 is 10.0 Å². The van der Waals surface area contributed by atoms with E-state index in [0.717, 1.165) is 0 Å². The average molecular weight is 378 g/mol. The van der Waals surface area contributed by atoms with Crippen LogP contribution in [0.5, 0.6) is 11.5 Å². The minimum atomic E-state index is -3.34. The predicted molar refractivity (Wildman–Crippen MR) is 102 cm³/mol. The second kappa shape index (κ2) is 8.57. The summed E-state index contributed by atoms with van der Waals surface area (Å²) in [5.74, 6) is 0.740. The van der Waals surface area contributed by atoms with Crippen molar-refractivity contribution in [3.8, 4) is 11.5 Å². The summed E-state index contributed by atoms with van der Waals surface area (Å²) in [4.78, 5) is 12.4. The zero-order chi connectivity index (χ0) is 19.2. The molecular formula is C18H22N2O5S. The van der Waals surface area contributed by atoms with Gasteiger partial charge in [0.25, 0.3) is 5.91 Å². The van der Waals surface area contributed by atoms with Gasteiger partial charge in [-0.25, -0.2) is 8.42 Å². The van der Waals surface area contributed by atoms with Crippen molar-refractivity contribution in [1.29, 1.82) is 0 Å². The zero-order valence-corrected chi connectivity index (χ0v) is 15.7. The molecule has 26 heavy (non-hydrogen) atoms. The number of carbonyl (C=O) groups is 1. The largest absolute Gasteiger partial charge is 0.493 e. The Kier molecular flexibility index (Phi) is 6.46. The number of hydrogen-bond donors (Lipinski definition) is 2. The van der Waals surface area contributed by atoms with Gasteiger partial charge in [0.05, 0.1) is 20.0 Å². The van der Waals surface area contributed by atoms with Crippen LogP contribution in [0.1, 0.15) is 23.7 Å². The minimum Gasteiger partial charge on any atom is -0.493 e. The predicted octanol–water partition coefficient (Wildman–Crippen LogP) is 3.11. The van der Waals surface area contributed by atoms with Crippen molar-refractivity contribution < 1.29 is 22.7 Å². The molecule has 140 valence electrons. The highest BCUT2D eigenvalue weighted by molar-refractivity contribution is 7.92. The van der Waals surface area contributed by atoms with Gasteiger partial charge in [-0.05, 0) is 48.9 Å². The molecule has 0 saturated carbocycles. The van der Waals surface area contributed by atoms with Crippen LogP contribution in [0, 0.1) is 0 Å². The van der Waals surface area contributed by atoms with Crippen molar-refractivity contribution in [3.63, 3.8) is 0 Å². The lowest BCUT2D eigenvalue weighted by Gasteiger charge is -2.11. The van der Waals surface area contributed by atoms with Gasteiger partial charge in [-0.2, -0.15) is 0 Å². The molecule has 0 radical (unpaired) electrons. The summed E-state index contributed by atoms with van der Waals surface area (Å²) >= 11 is 0. The standard InChI is InChI=1S/C18H22N2O5S/c1-4-11-26(22,23)20-15-8-6-14(7-9-15)19-18(21)13-5-10-16(24-2)17(12-13)25-3/h5-10,12,20H,4,11H2,1-3H3,(H,19,21). The van der Waals surface area contributed by atoms with Crippen LogP contribution in [0.2, 0.25) is 0 Å². The number of anilines is 2. The van der Waals surface area contributed by atoms with Crippen LogP contribution in [-0.4, -0.2) is 34.3 Å². The first-order chi connectivity index (χ1) is 12.4. The second-order valence-corrected chi connectivity index (χ2v) is 7.36. The van der Waals surface area contributed by atoms with Crippen molar-refractivity contribution in [2.45, 2.75) is 13.3 Å². The lowest BCUT2D eigenvalue weighted by molar-refractivity contribution is 0.102. The molecule has 2 N–H and O–H groups in total. The van der Waals surface area contributed by atoms with Crippen LogP contribution in [-0.2, 0) is 10.0 Å². The molecule has 0 aliphatic carbocycles. The molecule has 0 aliphatic rings. The van der Waals surface area contributed by atoms with Gasteiger partial charge in [0.15, 0.2) is 11.5 Å². The molecule has 0 saturated heterocycles. The summed E-state index contributed by atoms with van der Waals surface area (Å²) < 4.78 is 36.3. The second-order valence-electron chi connectivity index (χ2n) is 5.52. The number of nitrogens with one attached hydrogen (secondary N) is 2. The molecule has 0 bridgehead atoms. The van der Waals surface area contributed by atoms with Gasteiger partial charge in [-0.3, -0.25) is 9.52 Å². The maximum absolute atomic E-state index is 12.4. The number of sulfonamides is 1. The summed E-state index contributed by atoms with van der Waals surface area (Å²) in [7, 11) is -0.321. The van der Waals surface area contributed by atoms with Gasteiger partial charge < -0.3 is 14.8 Å². The van der Waals surface area contributed by atoms with Crippen LogP contribution in [0.3, 0.4) is 0 Å². The van der Waals surface area contributed by atoms with Crippen LogP contribution >= 0.6 is 0 Å². The molecule has 0 unspecified atom stereocenters. The van der Waals surface area contributed by atoms with E-state index in [9.17, 15) is 13.2 Å². The smallest absolute Gasteiger partial charge is 0.255 e. The van der Waals surface area contributed by atoms with E-state index in [1.165, 1.54) is 14.2 Å². The highest BCUT2D eigenvalue weighted by Crippen LogP contribution is 2.28. The first-order valence-corrected chi connectivity index (χ1v) is 9.67. The van der Waals surface area contributed by atoms with Crippen LogP contribution < -0.4 is 19.5 Å². The van der Waals surface area contributed by atoms with Gasteiger partial charge in [0.2, 0.25) is 10.0 Å². The first kappa shape index (κ1) is 19.6. The average Bonchev–Trinajstić information content (AvgIpc) is 2.62. The van der Waals surface area contributed by atoms with Crippen LogP contribution in [0.4, 0.5) is 11.4 Å². The number of amides is 1. The molecule has 1 amide bonds. The molecule has 2 aromatic rings. The first-order valence-electron chi connectivity index (χ1n) is 8.02. The van der Waals surface area contributed by atoms with E-state index in [2.05, 4.69) is 10.0 Å². The Bertz CT molecular complexity index is 864. The number of methoxy groups -OCH3 is 2. The molecule has 0 heterocycles. The van der Waals surface area contributed by atoms with Crippen molar-refractivity contribution >= 4 is 27.3 Å². The quantitative estimate of drug-likeness (QED) is 0.736. The zero-order valence-electron chi connectivity index (χ0n) is 14.9. The van der Waals surface area contributed by atoms with Crippen molar-refractivity contribution in [2.24, 2.45) is 0 Å². The highest BCUT2D eigenvalue weighted by Gasteiger charge is 2.12. The van der Waals surface area contributed by atoms with Gasteiger partial charge in [0.1, 0.15) is 0 Å². The molecule has 0 aromatic heterocycles. The summed E-state index contributed by atoms with van der Waals surface area (Å²) in [5, 5.41) is 2.75. The van der Waals surface area contributed by atoms with E-state index in [1.807, 2.05) is 0 Å². The fraction of sp³-hybridized carbons (Fsp3) is 0.278. The Morgan fingerprint density at radius 2 is 1.58 bits per heavy atom. The monoisotopic (exact) mass is 378 g/mol. The lowest BCUT2D eigenvalue weighted by atomic mass is 10.2. The third-order valence-electron chi connectivity index (χ3n) is 3.53. The summed E-state index contributed by atoms with van der Waals surface area (Å²) in [6.07, 6.45) is 0.537. The molecule has 0 aliphatic heterocycles. The highest BCUT2D eigenvalue weighted by atomic mass is 32.2. The van der Waals surface area contributed by atoms with E-state index in [4.69, 9.17) is 9.47 Å². The molecule has 8 heteroatoms. The summed E-state index contributed by atoms with van der Waals surface area (Å²) in [5.41, 5.74) is 1.40. The summed E-state index contributed by atoms with van der Waals surface area (Å²) in [6.45, 7) is 1.80. The van der Waals surface area contributed by atoms with Gasteiger partial charge in [-0.1, -0.05) is 6.92 Å². The van der Waals surface area contributed by atoms with Gasteiger partial charge in [-0.15, -0.1) is 0 Å². The number of hydrogen-bond acceptors (Lipinski definition) is 5. The van der Waals surface area contributed by atoms with Crippen LogP contribution in [0.25, 0.3) is 0 Å². The Morgan fingerprint density at radius 1 is 0.962 bits per heavy atom. The topological polar surface area (TPSA) is 93.7 Å². The Labute approximate surface area is 153 Å². The number of rotatable bonds is 8. The van der Waals surface area contributed by atoms with E-state index in [-0.39, 0.29) is 11.7 Å². The minimum absolute atomic E-state index is 0.0603. The number of ether oxygens (including phenoxy) is 2. The normalized spacial score (nSPS) is 10.9. The molecule has 0 fully saturated rings. The number of carbonyl (C=O) groups excluding carboxylic acids is 1. The van der Waals surface area contributed by atoms with E-state index in [0.29, 0.717) is 34.9 Å². The third kappa shape index (κ3) is 5.13. The Balaban J connectivity index is 2.08. The van der Waals surface area contributed by atoms with Gasteiger partial charge >= 0.3 is 0 Å². The molecule has 0 spiro atoms. The third-order valence-corrected chi connectivity index (χ3v) is 5.03. The van der Waals surface area contributed by atoms with E-state index in [1.54, 1.807) is 49.4 Å². The fourth-order valence-electron chi connectivity index (χ4n) is 2.30. The van der Waals surface area contributed by atoms with Crippen LogP contribution in [0.15, 0.2) is 42.5 Å². The Morgan fingerprint density at radius 3 is 2.15 bits per heavy atom. The molecule has 7 nitrogen and oxygen atoms in total. The SMILES string of the molecule is CCCS(=O)(=O)Nc1ccc(NC(=O)c2ccc(OC)c(OC)c2)cc1. The van der Waals surface area contributed by atoms with Crippen molar-refractivity contribution in [3.05, 3.63) is 48.0 Å². The molecule has 0 atom stereocenters. The maximum Gasteiger partial charge on any atom is 0.255 e. The molecule has 2 rings (SSSR count). The van der Waals surface area contributed by atoms with Crippen molar-refractivity contribution in [2.75, 3.05) is 30.0 Å². The van der Waals surface area contributed by atoms with Crippen molar-refractivity contribution in [1.82, 2.24) is 0 Å². The molecular weight excluding hydrogens is 356 g/mol. The lowest BCUT2D eigenvalue weighted by Crippen LogP contribution is -2.16. The number of benzene rings is 2. The Hall–Kier alpha value is -2.74. The molecule has 2 aromatic carbocycles. The summed E-state index contributed by atoms with van der Waals surface area (Å²) in [6, 6.07) is 11.3. The maximum atomic E-state index is 12.4. The fourth-order valence-corrected chi connectivity index (χ4v) is 3.44. The van der Waals surface area contributed by atoms with E-state index >= 15 is 0 Å².